The van der Waals surface area contributed by atoms with E-state index >= 15 is 0 Å². The normalized spacial score (nSPS) is 17.7. The first-order valence-electron chi connectivity index (χ1n) is 3.83. The Balaban J connectivity index is 2.29. The number of hydrogen-bond acceptors (Lipinski definition) is 3. The molecule has 3 heteroatoms. The lowest BCUT2D eigenvalue weighted by Crippen LogP contribution is -2.16. The average molecular weight is 165 g/mol. The number of ether oxygens (including phenoxy) is 1. The molecule has 0 unspecified atom stereocenters. The van der Waals surface area contributed by atoms with Gasteiger partial charge in [-0.3, -0.25) is 4.79 Å². The van der Waals surface area contributed by atoms with E-state index in [4.69, 9.17) is 10.00 Å². The highest BCUT2D eigenvalue weighted by atomic mass is 16.5. The Labute approximate surface area is 71.6 Å². The van der Waals surface area contributed by atoms with Gasteiger partial charge in [-0.15, -0.1) is 0 Å². The predicted octanol–water partition coefficient (Wildman–Crippen LogP) is 1.41. The fraction of sp³-hybridized carbons (Fsp3) is 0.556. The number of rotatable bonds is 3. The number of nitrogens with zero attached hydrogens (tertiary/aromatic N) is 1. The molecule has 0 aromatic rings. The molecule has 0 bridgehead atoms. The zero-order valence-corrected chi connectivity index (χ0v) is 7.09. The molecule has 3 nitrogen and oxygen atoms in total. The zero-order valence-electron chi connectivity index (χ0n) is 7.09. The molecule has 0 spiro atoms. The molecule has 64 valence electrons. The fourth-order valence-corrected chi connectivity index (χ4v) is 0.751. The van der Waals surface area contributed by atoms with Crippen molar-refractivity contribution in [2.45, 2.75) is 19.8 Å². The molecule has 1 aliphatic carbocycles. The van der Waals surface area contributed by atoms with Crippen LogP contribution in [0.1, 0.15) is 19.8 Å². The molecule has 1 fully saturated rings. The smallest absolute Gasteiger partial charge is 0.312 e. The van der Waals surface area contributed by atoms with Gasteiger partial charge in [-0.1, -0.05) is 6.58 Å². The summed E-state index contributed by atoms with van der Waals surface area (Å²) in [5, 5.41) is 8.33. The van der Waals surface area contributed by atoms with Crippen LogP contribution >= 0.6 is 0 Å². The zero-order chi connectivity index (χ0) is 9.19. The van der Waals surface area contributed by atoms with E-state index in [1.807, 2.05) is 13.0 Å². The van der Waals surface area contributed by atoms with E-state index in [-0.39, 0.29) is 23.6 Å². The summed E-state index contributed by atoms with van der Waals surface area (Å²) in [5.74, 6) is -0.209. The van der Waals surface area contributed by atoms with E-state index in [0.29, 0.717) is 0 Å². The Morgan fingerprint density at radius 3 is 2.75 bits per heavy atom. The SMILES string of the molecule is C=C(C#N)COC(=O)C1(C)CC1. The van der Waals surface area contributed by atoms with E-state index in [2.05, 4.69) is 6.58 Å². The molecule has 1 saturated carbocycles. The largest absolute Gasteiger partial charge is 0.460 e. The molecule has 0 atom stereocenters. The third-order valence-electron chi connectivity index (χ3n) is 2.03. The maximum absolute atomic E-state index is 11.2. The molecular weight excluding hydrogens is 154 g/mol. The number of nitriles is 1. The molecule has 0 N–H and O–H groups in total. The minimum atomic E-state index is -0.268. The maximum Gasteiger partial charge on any atom is 0.312 e. The van der Waals surface area contributed by atoms with Crippen LogP contribution in [0.3, 0.4) is 0 Å². The van der Waals surface area contributed by atoms with E-state index in [9.17, 15) is 4.79 Å². The molecule has 0 aromatic carbocycles. The molecule has 0 saturated heterocycles. The number of hydrogen-bond donors (Lipinski definition) is 0. The van der Waals surface area contributed by atoms with Gasteiger partial charge in [0, 0.05) is 0 Å². The summed E-state index contributed by atoms with van der Waals surface area (Å²) in [7, 11) is 0. The van der Waals surface area contributed by atoms with Gasteiger partial charge < -0.3 is 4.74 Å². The summed E-state index contributed by atoms with van der Waals surface area (Å²) in [6.45, 7) is 5.31. The van der Waals surface area contributed by atoms with Crippen LogP contribution in [0.15, 0.2) is 12.2 Å². The number of carbonyl (C=O) groups is 1. The number of carbonyl (C=O) groups excluding carboxylic acids is 1. The van der Waals surface area contributed by atoms with Crippen LogP contribution in [0.4, 0.5) is 0 Å². The van der Waals surface area contributed by atoms with Gasteiger partial charge in [0.25, 0.3) is 0 Å². The van der Waals surface area contributed by atoms with E-state index in [0.717, 1.165) is 12.8 Å². The van der Waals surface area contributed by atoms with Gasteiger partial charge in [0.05, 0.1) is 17.1 Å². The standard InChI is InChI=1S/C9H11NO2/c1-7(5-10)6-12-8(11)9(2)3-4-9/h1,3-4,6H2,2H3. The minimum absolute atomic E-state index is 0.0327. The van der Waals surface area contributed by atoms with Crippen molar-refractivity contribution in [1.29, 1.82) is 5.26 Å². The van der Waals surface area contributed by atoms with Crippen LogP contribution in [0.5, 0.6) is 0 Å². The predicted molar refractivity (Wildman–Crippen MR) is 43.1 cm³/mol. The summed E-state index contributed by atoms with van der Waals surface area (Å²) in [5.41, 5.74) is 0.0167. The highest BCUT2D eigenvalue weighted by molar-refractivity contribution is 5.79. The van der Waals surface area contributed by atoms with Crippen molar-refractivity contribution in [3.8, 4) is 6.07 Å². The summed E-state index contributed by atoms with van der Waals surface area (Å²) in [6.07, 6.45) is 1.79. The van der Waals surface area contributed by atoms with Gasteiger partial charge in [0.15, 0.2) is 0 Å². The minimum Gasteiger partial charge on any atom is -0.460 e. The topological polar surface area (TPSA) is 50.1 Å². The van der Waals surface area contributed by atoms with Gasteiger partial charge >= 0.3 is 5.97 Å². The third kappa shape index (κ3) is 1.85. The Morgan fingerprint density at radius 2 is 2.33 bits per heavy atom. The van der Waals surface area contributed by atoms with Gasteiger partial charge in [0.1, 0.15) is 6.61 Å². The second kappa shape index (κ2) is 2.98. The van der Waals surface area contributed by atoms with Gasteiger partial charge in [0.2, 0.25) is 0 Å². The lowest BCUT2D eigenvalue weighted by atomic mass is 10.1. The second-order valence-corrected chi connectivity index (χ2v) is 3.35. The van der Waals surface area contributed by atoms with Gasteiger partial charge in [-0.25, -0.2) is 0 Å². The van der Waals surface area contributed by atoms with E-state index in [1.165, 1.54) is 0 Å². The van der Waals surface area contributed by atoms with Gasteiger partial charge in [-0.2, -0.15) is 5.26 Å². The summed E-state index contributed by atoms with van der Waals surface area (Å²) >= 11 is 0. The highest BCUT2D eigenvalue weighted by Crippen LogP contribution is 2.45. The van der Waals surface area contributed by atoms with Crippen molar-refractivity contribution in [3.63, 3.8) is 0 Å². The average Bonchev–Trinajstić information content (AvgIpc) is 2.80. The lowest BCUT2D eigenvalue weighted by molar-refractivity contribution is -0.148. The molecule has 0 heterocycles. The Hall–Kier alpha value is -1.30. The molecule has 0 amide bonds. The Morgan fingerprint density at radius 1 is 1.75 bits per heavy atom. The van der Waals surface area contributed by atoms with Crippen LogP contribution in [-0.2, 0) is 9.53 Å². The van der Waals surface area contributed by atoms with Crippen molar-refractivity contribution in [3.05, 3.63) is 12.2 Å². The van der Waals surface area contributed by atoms with Crippen molar-refractivity contribution >= 4 is 5.97 Å². The molecule has 12 heavy (non-hydrogen) atoms. The first-order valence-corrected chi connectivity index (χ1v) is 3.83. The molecule has 0 aromatic heterocycles. The third-order valence-corrected chi connectivity index (χ3v) is 2.03. The highest BCUT2D eigenvalue weighted by Gasteiger charge is 2.46. The van der Waals surface area contributed by atoms with Crippen molar-refractivity contribution < 1.29 is 9.53 Å². The van der Waals surface area contributed by atoms with Crippen LogP contribution in [0, 0.1) is 16.7 Å². The molecule has 0 aliphatic heterocycles. The number of esters is 1. The monoisotopic (exact) mass is 165 g/mol. The lowest BCUT2D eigenvalue weighted by Gasteiger charge is -2.07. The van der Waals surface area contributed by atoms with Crippen LogP contribution in [-0.4, -0.2) is 12.6 Å². The van der Waals surface area contributed by atoms with E-state index in [1.54, 1.807) is 0 Å². The first-order chi connectivity index (χ1) is 5.58. The van der Waals surface area contributed by atoms with Crippen molar-refractivity contribution in [2.24, 2.45) is 5.41 Å². The summed E-state index contributed by atoms with van der Waals surface area (Å²) in [6, 6.07) is 1.82. The Kier molecular flexibility index (Phi) is 2.18. The van der Waals surface area contributed by atoms with Crippen molar-refractivity contribution in [1.82, 2.24) is 0 Å². The van der Waals surface area contributed by atoms with Crippen LogP contribution < -0.4 is 0 Å². The second-order valence-electron chi connectivity index (χ2n) is 3.35. The molecule has 1 aliphatic rings. The fourth-order valence-electron chi connectivity index (χ4n) is 0.751. The van der Waals surface area contributed by atoms with Gasteiger partial charge in [-0.05, 0) is 19.8 Å². The van der Waals surface area contributed by atoms with Crippen LogP contribution in [0.25, 0.3) is 0 Å². The van der Waals surface area contributed by atoms with E-state index < -0.39 is 0 Å². The van der Waals surface area contributed by atoms with Crippen molar-refractivity contribution in [2.75, 3.05) is 6.61 Å². The molecular formula is C9H11NO2. The summed E-state index contributed by atoms with van der Waals surface area (Å²) in [4.78, 5) is 11.2. The molecule has 0 radical (unpaired) electrons. The summed E-state index contributed by atoms with van der Waals surface area (Å²) < 4.78 is 4.86. The maximum atomic E-state index is 11.2. The molecule has 1 rings (SSSR count). The Bertz CT molecular complexity index is 258. The van der Waals surface area contributed by atoms with Crippen LogP contribution in [0.2, 0.25) is 0 Å². The first kappa shape index (κ1) is 8.79. The quantitative estimate of drug-likeness (QED) is 0.469.